The predicted octanol–water partition coefficient (Wildman–Crippen LogP) is 2.65. The summed E-state index contributed by atoms with van der Waals surface area (Å²) in [5.41, 5.74) is 0. The fourth-order valence-corrected chi connectivity index (χ4v) is 2.99. The first kappa shape index (κ1) is 11.9. The van der Waals surface area contributed by atoms with Crippen LogP contribution in [0.3, 0.4) is 0 Å². The maximum atomic E-state index is 8.27. The van der Waals surface area contributed by atoms with E-state index in [0.717, 1.165) is 25.5 Å². The topological polar surface area (TPSA) is 36.3 Å². The Morgan fingerprint density at radius 1 is 1.25 bits per heavy atom. The summed E-state index contributed by atoms with van der Waals surface area (Å²) in [7, 11) is 0. The third-order valence-electron chi connectivity index (χ3n) is 3.86. The number of ether oxygens (including phenoxy) is 1. The van der Waals surface area contributed by atoms with Crippen molar-refractivity contribution in [3.8, 4) is 0 Å². The molecule has 1 unspecified atom stereocenters. The van der Waals surface area contributed by atoms with E-state index in [0.29, 0.717) is 12.0 Å². The van der Waals surface area contributed by atoms with E-state index in [2.05, 4.69) is 11.8 Å². The monoisotopic (exact) mass is 224 g/mol. The molecule has 16 heavy (non-hydrogen) atoms. The van der Waals surface area contributed by atoms with E-state index in [1.54, 1.807) is 0 Å². The van der Waals surface area contributed by atoms with Gasteiger partial charge in [-0.25, -0.2) is 0 Å². The second kappa shape index (κ2) is 5.67. The number of piperidine rings is 1. The quantitative estimate of drug-likeness (QED) is 0.591. The lowest BCUT2D eigenvalue weighted by Gasteiger charge is -2.36. The Morgan fingerprint density at radius 2 is 2.00 bits per heavy atom. The first-order valence-electron chi connectivity index (χ1n) is 6.76. The molecule has 0 aromatic heterocycles. The zero-order chi connectivity index (χ0) is 11.4. The largest absolute Gasteiger partial charge is 0.377 e. The van der Waals surface area contributed by atoms with Crippen LogP contribution in [0.5, 0.6) is 0 Å². The Morgan fingerprint density at radius 3 is 2.69 bits per heavy atom. The molecule has 0 amide bonds. The SMILES string of the molecule is CCOC1CCCN(C(=N)C2CCCC2)C1. The van der Waals surface area contributed by atoms with E-state index < -0.39 is 0 Å². The van der Waals surface area contributed by atoms with E-state index in [-0.39, 0.29) is 0 Å². The van der Waals surface area contributed by atoms with Gasteiger partial charge in [0.1, 0.15) is 0 Å². The average molecular weight is 224 g/mol. The molecule has 92 valence electrons. The van der Waals surface area contributed by atoms with Gasteiger partial charge in [-0.1, -0.05) is 12.8 Å². The minimum atomic E-state index is 0.362. The highest BCUT2D eigenvalue weighted by Gasteiger charge is 2.27. The van der Waals surface area contributed by atoms with Crippen molar-refractivity contribution in [3.05, 3.63) is 0 Å². The molecule has 3 heteroatoms. The molecule has 0 aromatic rings. The van der Waals surface area contributed by atoms with Crippen molar-refractivity contribution in [2.24, 2.45) is 5.92 Å². The highest BCUT2D eigenvalue weighted by Crippen LogP contribution is 2.28. The van der Waals surface area contributed by atoms with Crippen molar-refractivity contribution >= 4 is 5.84 Å². The number of nitrogens with one attached hydrogen (secondary N) is 1. The number of amidine groups is 1. The Hall–Kier alpha value is -0.570. The van der Waals surface area contributed by atoms with Crippen molar-refractivity contribution < 1.29 is 4.74 Å². The Balaban J connectivity index is 1.85. The van der Waals surface area contributed by atoms with Crippen LogP contribution in [0.25, 0.3) is 0 Å². The van der Waals surface area contributed by atoms with Gasteiger partial charge in [0.15, 0.2) is 0 Å². The summed E-state index contributed by atoms with van der Waals surface area (Å²) in [6.45, 7) is 4.87. The second-order valence-electron chi connectivity index (χ2n) is 5.03. The van der Waals surface area contributed by atoms with Crippen LogP contribution in [0.15, 0.2) is 0 Å². The van der Waals surface area contributed by atoms with Crippen LogP contribution in [0, 0.1) is 11.3 Å². The Bertz CT molecular complexity index is 234. The van der Waals surface area contributed by atoms with E-state index in [1.165, 1.54) is 38.5 Å². The molecule has 1 aliphatic carbocycles. The minimum Gasteiger partial charge on any atom is -0.377 e. The lowest BCUT2D eigenvalue weighted by molar-refractivity contribution is 0.0223. The highest BCUT2D eigenvalue weighted by molar-refractivity contribution is 5.82. The smallest absolute Gasteiger partial charge is 0.0990 e. The molecule has 0 radical (unpaired) electrons. The van der Waals surface area contributed by atoms with Crippen molar-refractivity contribution in [2.45, 2.75) is 51.6 Å². The van der Waals surface area contributed by atoms with Gasteiger partial charge >= 0.3 is 0 Å². The molecule has 1 saturated carbocycles. The van der Waals surface area contributed by atoms with E-state index in [4.69, 9.17) is 10.1 Å². The van der Waals surface area contributed by atoms with Crippen LogP contribution in [0.1, 0.15) is 45.4 Å². The molecule has 2 fully saturated rings. The maximum Gasteiger partial charge on any atom is 0.0990 e. The summed E-state index contributed by atoms with van der Waals surface area (Å²) in [6.07, 6.45) is 7.80. The van der Waals surface area contributed by atoms with Gasteiger partial charge in [0.05, 0.1) is 11.9 Å². The average Bonchev–Trinajstić information content (AvgIpc) is 2.82. The van der Waals surface area contributed by atoms with Crippen LogP contribution in [0.4, 0.5) is 0 Å². The first-order chi connectivity index (χ1) is 7.81. The predicted molar refractivity (Wildman–Crippen MR) is 65.9 cm³/mol. The van der Waals surface area contributed by atoms with Gasteiger partial charge in [-0.05, 0) is 32.6 Å². The van der Waals surface area contributed by atoms with E-state index in [9.17, 15) is 0 Å². The van der Waals surface area contributed by atoms with Gasteiger partial charge < -0.3 is 9.64 Å². The summed E-state index contributed by atoms with van der Waals surface area (Å²) in [4.78, 5) is 2.26. The molecule has 1 atom stereocenters. The van der Waals surface area contributed by atoms with E-state index in [1.807, 2.05) is 0 Å². The third kappa shape index (κ3) is 2.76. The number of rotatable bonds is 3. The van der Waals surface area contributed by atoms with Gasteiger partial charge in [0.25, 0.3) is 0 Å². The lowest BCUT2D eigenvalue weighted by atomic mass is 10.0. The van der Waals surface area contributed by atoms with Gasteiger partial charge in [-0.3, -0.25) is 5.41 Å². The number of hydrogen-bond donors (Lipinski definition) is 1. The zero-order valence-electron chi connectivity index (χ0n) is 10.4. The summed E-state index contributed by atoms with van der Waals surface area (Å²) in [5.74, 6) is 1.43. The number of likely N-dealkylation sites (tertiary alicyclic amines) is 1. The van der Waals surface area contributed by atoms with Crippen LogP contribution in [-0.4, -0.2) is 36.5 Å². The second-order valence-corrected chi connectivity index (χ2v) is 5.03. The Kier molecular flexibility index (Phi) is 4.22. The van der Waals surface area contributed by atoms with Crippen LogP contribution < -0.4 is 0 Å². The standard InChI is InChI=1S/C13H24N2O/c1-2-16-12-8-5-9-15(10-12)13(14)11-6-3-4-7-11/h11-12,14H,2-10H2,1H3. The molecule has 0 spiro atoms. The summed E-state index contributed by atoms with van der Waals surface area (Å²) < 4.78 is 5.69. The van der Waals surface area contributed by atoms with Gasteiger partial charge in [0, 0.05) is 25.6 Å². The fourth-order valence-electron chi connectivity index (χ4n) is 2.99. The lowest BCUT2D eigenvalue weighted by Crippen LogP contribution is -2.45. The molecule has 2 rings (SSSR count). The normalized spacial score (nSPS) is 27.3. The van der Waals surface area contributed by atoms with Gasteiger partial charge in [-0.2, -0.15) is 0 Å². The molecule has 1 aliphatic heterocycles. The minimum absolute atomic E-state index is 0.362. The molecule has 1 N–H and O–H groups in total. The van der Waals surface area contributed by atoms with Crippen molar-refractivity contribution in [2.75, 3.05) is 19.7 Å². The fraction of sp³-hybridized carbons (Fsp3) is 0.923. The van der Waals surface area contributed by atoms with E-state index >= 15 is 0 Å². The van der Waals surface area contributed by atoms with Gasteiger partial charge in [-0.15, -0.1) is 0 Å². The maximum absolute atomic E-state index is 8.27. The van der Waals surface area contributed by atoms with Crippen LogP contribution in [-0.2, 0) is 4.74 Å². The number of nitrogens with zero attached hydrogens (tertiary/aromatic N) is 1. The van der Waals surface area contributed by atoms with Gasteiger partial charge in [0.2, 0.25) is 0 Å². The highest BCUT2D eigenvalue weighted by atomic mass is 16.5. The molecule has 3 nitrogen and oxygen atoms in total. The third-order valence-corrected chi connectivity index (χ3v) is 3.86. The number of hydrogen-bond acceptors (Lipinski definition) is 2. The molecule has 2 aliphatic rings. The molecule has 0 bridgehead atoms. The first-order valence-corrected chi connectivity index (χ1v) is 6.76. The summed E-state index contributed by atoms with van der Waals surface area (Å²) in [5, 5.41) is 8.27. The zero-order valence-corrected chi connectivity index (χ0v) is 10.4. The summed E-state index contributed by atoms with van der Waals surface area (Å²) >= 11 is 0. The molecule has 0 aromatic carbocycles. The summed E-state index contributed by atoms with van der Waals surface area (Å²) in [6, 6.07) is 0. The molecule has 1 heterocycles. The molecular formula is C13H24N2O. The Labute approximate surface area is 98.7 Å². The van der Waals surface area contributed by atoms with Crippen LogP contribution >= 0.6 is 0 Å². The molecular weight excluding hydrogens is 200 g/mol. The van der Waals surface area contributed by atoms with Crippen LogP contribution in [0.2, 0.25) is 0 Å². The van der Waals surface area contributed by atoms with Crippen molar-refractivity contribution in [1.82, 2.24) is 4.90 Å². The van der Waals surface area contributed by atoms with Crippen molar-refractivity contribution in [1.29, 1.82) is 5.41 Å². The van der Waals surface area contributed by atoms with Crippen molar-refractivity contribution in [3.63, 3.8) is 0 Å². The molecule has 1 saturated heterocycles.